The Morgan fingerprint density at radius 3 is 2.78 bits per heavy atom. The Labute approximate surface area is 116 Å². The lowest BCUT2D eigenvalue weighted by Crippen LogP contribution is -2.06. The Bertz CT molecular complexity index is 409. The lowest BCUT2D eigenvalue weighted by atomic mass is 10.1. The van der Waals surface area contributed by atoms with Gasteiger partial charge in [-0.05, 0) is 31.2 Å². The summed E-state index contributed by atoms with van der Waals surface area (Å²) in [6, 6.07) is 4.97. The lowest BCUT2D eigenvalue weighted by molar-refractivity contribution is -0.385. The molecule has 1 rings (SSSR count). The SMILES string of the molecule is Cc1cccc([N+](=O)[O-])c1OCCC(C)CCBr. The van der Waals surface area contributed by atoms with Gasteiger partial charge in [-0.3, -0.25) is 10.1 Å². The van der Waals surface area contributed by atoms with E-state index in [4.69, 9.17) is 4.74 Å². The van der Waals surface area contributed by atoms with Crippen molar-refractivity contribution in [2.75, 3.05) is 11.9 Å². The lowest BCUT2D eigenvalue weighted by Gasteiger charge is -2.12. The largest absolute Gasteiger partial charge is 0.487 e. The summed E-state index contributed by atoms with van der Waals surface area (Å²) in [5.41, 5.74) is 0.848. The Morgan fingerprint density at radius 2 is 2.17 bits per heavy atom. The van der Waals surface area contributed by atoms with E-state index in [0.717, 1.165) is 23.7 Å². The van der Waals surface area contributed by atoms with Crippen molar-refractivity contribution in [1.82, 2.24) is 0 Å². The topological polar surface area (TPSA) is 52.4 Å². The van der Waals surface area contributed by atoms with E-state index in [9.17, 15) is 10.1 Å². The van der Waals surface area contributed by atoms with Crippen LogP contribution in [0.1, 0.15) is 25.3 Å². The highest BCUT2D eigenvalue weighted by Crippen LogP contribution is 2.30. The van der Waals surface area contributed by atoms with Gasteiger partial charge in [-0.2, -0.15) is 0 Å². The first kappa shape index (κ1) is 15.0. The summed E-state index contributed by atoms with van der Waals surface area (Å²) in [5, 5.41) is 11.9. The molecular formula is C13H18BrNO3. The van der Waals surface area contributed by atoms with Crippen molar-refractivity contribution in [1.29, 1.82) is 0 Å². The second kappa shape index (κ2) is 7.36. The first-order valence-electron chi connectivity index (χ1n) is 5.99. The molecule has 4 nitrogen and oxygen atoms in total. The number of para-hydroxylation sites is 1. The summed E-state index contributed by atoms with van der Waals surface area (Å²) in [7, 11) is 0. The first-order chi connectivity index (χ1) is 8.56. The molecule has 0 saturated carbocycles. The van der Waals surface area contributed by atoms with Crippen LogP contribution in [0.3, 0.4) is 0 Å². The number of benzene rings is 1. The molecule has 18 heavy (non-hydrogen) atoms. The summed E-state index contributed by atoms with van der Waals surface area (Å²) >= 11 is 3.40. The molecule has 1 unspecified atom stereocenters. The highest BCUT2D eigenvalue weighted by Gasteiger charge is 2.16. The molecule has 1 aromatic carbocycles. The summed E-state index contributed by atoms with van der Waals surface area (Å²) in [4.78, 5) is 10.5. The zero-order valence-corrected chi connectivity index (χ0v) is 12.3. The van der Waals surface area contributed by atoms with Crippen LogP contribution in [0.4, 0.5) is 5.69 Å². The summed E-state index contributed by atoms with van der Waals surface area (Å²) in [6.45, 7) is 4.49. The quantitative estimate of drug-likeness (QED) is 0.432. The average Bonchev–Trinajstić information content (AvgIpc) is 2.31. The fraction of sp³-hybridized carbons (Fsp3) is 0.538. The molecule has 0 aliphatic heterocycles. The van der Waals surface area contributed by atoms with Crippen LogP contribution < -0.4 is 4.74 Å². The van der Waals surface area contributed by atoms with Crippen LogP contribution in [-0.4, -0.2) is 16.9 Å². The smallest absolute Gasteiger partial charge is 0.311 e. The van der Waals surface area contributed by atoms with Crippen molar-refractivity contribution in [2.24, 2.45) is 5.92 Å². The van der Waals surface area contributed by atoms with Gasteiger partial charge in [0.15, 0.2) is 5.75 Å². The molecule has 1 aromatic rings. The van der Waals surface area contributed by atoms with Crippen LogP contribution in [0.15, 0.2) is 18.2 Å². The van der Waals surface area contributed by atoms with Crippen molar-refractivity contribution in [3.05, 3.63) is 33.9 Å². The molecular weight excluding hydrogens is 298 g/mol. The number of halogens is 1. The van der Waals surface area contributed by atoms with E-state index in [2.05, 4.69) is 22.9 Å². The molecule has 0 saturated heterocycles. The third kappa shape index (κ3) is 4.29. The minimum Gasteiger partial charge on any atom is -0.487 e. The van der Waals surface area contributed by atoms with E-state index in [1.165, 1.54) is 6.07 Å². The van der Waals surface area contributed by atoms with Gasteiger partial charge in [-0.1, -0.05) is 35.0 Å². The number of hydrogen-bond acceptors (Lipinski definition) is 3. The molecule has 0 aromatic heterocycles. The van der Waals surface area contributed by atoms with Gasteiger partial charge in [0.05, 0.1) is 11.5 Å². The first-order valence-corrected chi connectivity index (χ1v) is 7.11. The van der Waals surface area contributed by atoms with Crippen molar-refractivity contribution in [3.8, 4) is 5.75 Å². The fourth-order valence-electron chi connectivity index (χ4n) is 1.66. The predicted octanol–water partition coefficient (Wildman–Crippen LogP) is 4.09. The summed E-state index contributed by atoms with van der Waals surface area (Å²) in [6.07, 6.45) is 1.98. The van der Waals surface area contributed by atoms with Crippen LogP contribution in [0.25, 0.3) is 0 Å². The number of rotatable bonds is 7. The zero-order chi connectivity index (χ0) is 13.5. The molecule has 5 heteroatoms. The van der Waals surface area contributed by atoms with Crippen LogP contribution in [0, 0.1) is 23.0 Å². The molecule has 0 aliphatic carbocycles. The van der Waals surface area contributed by atoms with E-state index in [1.54, 1.807) is 6.07 Å². The van der Waals surface area contributed by atoms with Gasteiger partial charge >= 0.3 is 5.69 Å². The number of nitro benzene ring substituents is 1. The Balaban J connectivity index is 2.64. The molecule has 0 radical (unpaired) electrons. The molecule has 0 spiro atoms. The maximum absolute atomic E-state index is 10.9. The van der Waals surface area contributed by atoms with Crippen molar-refractivity contribution >= 4 is 21.6 Å². The highest BCUT2D eigenvalue weighted by molar-refractivity contribution is 9.09. The average molecular weight is 316 g/mol. The minimum atomic E-state index is -0.399. The van der Waals surface area contributed by atoms with Gasteiger partial charge in [0, 0.05) is 11.4 Å². The Kier molecular flexibility index (Phi) is 6.12. The maximum Gasteiger partial charge on any atom is 0.311 e. The Hall–Kier alpha value is -1.10. The number of nitrogens with zero attached hydrogens (tertiary/aromatic N) is 1. The highest BCUT2D eigenvalue weighted by atomic mass is 79.9. The molecule has 0 heterocycles. The van der Waals surface area contributed by atoms with Crippen molar-refractivity contribution in [2.45, 2.75) is 26.7 Å². The van der Waals surface area contributed by atoms with Gasteiger partial charge in [-0.15, -0.1) is 0 Å². The van der Waals surface area contributed by atoms with Crippen LogP contribution in [0.5, 0.6) is 5.75 Å². The van der Waals surface area contributed by atoms with E-state index < -0.39 is 4.92 Å². The van der Waals surface area contributed by atoms with Gasteiger partial charge in [0.1, 0.15) is 0 Å². The third-order valence-corrected chi connectivity index (χ3v) is 3.30. The van der Waals surface area contributed by atoms with Crippen LogP contribution >= 0.6 is 15.9 Å². The maximum atomic E-state index is 10.9. The Morgan fingerprint density at radius 1 is 1.44 bits per heavy atom. The second-order valence-electron chi connectivity index (χ2n) is 4.40. The molecule has 0 bridgehead atoms. The number of ether oxygens (including phenoxy) is 1. The van der Waals surface area contributed by atoms with E-state index in [0.29, 0.717) is 18.3 Å². The molecule has 0 fully saturated rings. The number of alkyl halides is 1. The molecule has 1 atom stereocenters. The van der Waals surface area contributed by atoms with E-state index >= 15 is 0 Å². The second-order valence-corrected chi connectivity index (χ2v) is 5.19. The monoisotopic (exact) mass is 315 g/mol. The van der Waals surface area contributed by atoms with Gasteiger partial charge < -0.3 is 4.74 Å². The number of aryl methyl sites for hydroxylation is 1. The zero-order valence-electron chi connectivity index (χ0n) is 10.7. The minimum absolute atomic E-state index is 0.0446. The fourth-order valence-corrected chi connectivity index (χ4v) is 2.44. The van der Waals surface area contributed by atoms with Crippen LogP contribution in [0.2, 0.25) is 0 Å². The van der Waals surface area contributed by atoms with E-state index in [1.807, 2.05) is 13.0 Å². The van der Waals surface area contributed by atoms with E-state index in [-0.39, 0.29) is 5.69 Å². The number of hydrogen-bond donors (Lipinski definition) is 0. The van der Waals surface area contributed by atoms with Crippen molar-refractivity contribution < 1.29 is 9.66 Å². The summed E-state index contributed by atoms with van der Waals surface area (Å²) in [5.74, 6) is 0.945. The van der Waals surface area contributed by atoms with Gasteiger partial charge in [0.25, 0.3) is 0 Å². The van der Waals surface area contributed by atoms with Gasteiger partial charge in [-0.25, -0.2) is 0 Å². The normalized spacial score (nSPS) is 12.2. The molecule has 0 N–H and O–H groups in total. The predicted molar refractivity (Wildman–Crippen MR) is 75.5 cm³/mol. The summed E-state index contributed by atoms with van der Waals surface area (Å²) < 4.78 is 5.59. The van der Waals surface area contributed by atoms with Crippen LogP contribution in [-0.2, 0) is 0 Å². The number of nitro groups is 1. The third-order valence-electron chi connectivity index (χ3n) is 2.85. The molecule has 100 valence electrons. The molecule has 0 amide bonds. The standard InChI is InChI=1S/C13H18BrNO3/c1-10(6-8-14)7-9-18-13-11(2)4-3-5-12(13)15(16)17/h3-5,10H,6-9H2,1-2H3. The van der Waals surface area contributed by atoms with Crippen molar-refractivity contribution in [3.63, 3.8) is 0 Å². The molecule has 0 aliphatic rings. The van der Waals surface area contributed by atoms with Gasteiger partial charge in [0.2, 0.25) is 0 Å².